The Morgan fingerprint density at radius 2 is 1.69 bits per heavy atom. The smallest absolute Gasteiger partial charge is 0.175 e. The van der Waals surface area contributed by atoms with Crippen molar-refractivity contribution >= 4 is 33.3 Å². The molecule has 0 amide bonds. The summed E-state index contributed by atoms with van der Waals surface area (Å²) in [5.41, 5.74) is 3.92. The van der Waals surface area contributed by atoms with Gasteiger partial charge >= 0.3 is 0 Å². The third-order valence-electron chi connectivity index (χ3n) is 5.21. The molecule has 0 bridgehead atoms. The lowest BCUT2D eigenvalue weighted by Gasteiger charge is -2.10. The van der Waals surface area contributed by atoms with Gasteiger partial charge in [-0.3, -0.25) is 4.68 Å². The molecule has 0 saturated heterocycles. The summed E-state index contributed by atoms with van der Waals surface area (Å²) >= 11 is 0. The first-order chi connectivity index (χ1) is 15.8. The quantitative estimate of drug-likeness (QED) is 0.454. The molecule has 9 heteroatoms. The van der Waals surface area contributed by atoms with E-state index in [4.69, 9.17) is 0 Å². The van der Waals surface area contributed by atoms with E-state index in [9.17, 15) is 0 Å². The van der Waals surface area contributed by atoms with Gasteiger partial charge in [-0.25, -0.2) is 15.0 Å². The van der Waals surface area contributed by atoms with Crippen LogP contribution in [0.25, 0.3) is 27.6 Å². The normalized spacial score (nSPS) is 11.2. The number of nitrogens with zero attached hydrogens (tertiary/aromatic N) is 8. The van der Waals surface area contributed by atoms with Crippen molar-refractivity contribution in [1.29, 1.82) is 0 Å². The Balaban J connectivity index is 1.33. The largest absolute Gasteiger partial charge is 0.340 e. The SMILES string of the molecule is c1ccc(Cn2ncc3cc(Nc4ncnc5cnc(-n6nccn6)cc45)ccc32)cc1. The van der Waals surface area contributed by atoms with Crippen LogP contribution in [0.1, 0.15) is 5.56 Å². The number of benzene rings is 2. The number of rotatable bonds is 5. The van der Waals surface area contributed by atoms with Gasteiger partial charge in [0, 0.05) is 16.5 Å². The van der Waals surface area contributed by atoms with Gasteiger partial charge in [0.1, 0.15) is 12.1 Å². The van der Waals surface area contributed by atoms with E-state index in [0.29, 0.717) is 11.6 Å². The van der Waals surface area contributed by atoms with Crippen molar-refractivity contribution in [3.8, 4) is 5.82 Å². The van der Waals surface area contributed by atoms with E-state index in [-0.39, 0.29) is 0 Å². The highest BCUT2D eigenvalue weighted by Crippen LogP contribution is 2.26. The minimum Gasteiger partial charge on any atom is -0.340 e. The van der Waals surface area contributed by atoms with Crippen molar-refractivity contribution in [1.82, 2.24) is 39.7 Å². The number of hydrogen-bond donors (Lipinski definition) is 1. The average Bonchev–Trinajstić information content (AvgIpc) is 3.50. The Morgan fingerprint density at radius 1 is 0.812 bits per heavy atom. The summed E-state index contributed by atoms with van der Waals surface area (Å²) in [5, 5.41) is 18.1. The molecule has 0 radical (unpaired) electrons. The maximum absolute atomic E-state index is 4.57. The summed E-state index contributed by atoms with van der Waals surface area (Å²) in [6.45, 7) is 0.727. The molecule has 0 aliphatic rings. The Hall–Kier alpha value is -4.66. The zero-order chi connectivity index (χ0) is 21.3. The molecular weight excluding hydrogens is 402 g/mol. The van der Waals surface area contributed by atoms with Crippen molar-refractivity contribution in [2.75, 3.05) is 5.32 Å². The number of aromatic nitrogens is 8. The van der Waals surface area contributed by atoms with Crippen LogP contribution in [0.2, 0.25) is 0 Å². The Labute approximate surface area is 182 Å². The van der Waals surface area contributed by atoms with Crippen molar-refractivity contribution in [2.24, 2.45) is 0 Å². The van der Waals surface area contributed by atoms with E-state index in [1.54, 1.807) is 18.6 Å². The number of pyridine rings is 1. The number of hydrogen-bond acceptors (Lipinski definition) is 7. The molecule has 6 rings (SSSR count). The monoisotopic (exact) mass is 419 g/mol. The van der Waals surface area contributed by atoms with Gasteiger partial charge in [-0.1, -0.05) is 30.3 Å². The summed E-state index contributed by atoms with van der Waals surface area (Å²) in [7, 11) is 0. The van der Waals surface area contributed by atoms with Gasteiger partial charge < -0.3 is 5.32 Å². The number of nitrogens with one attached hydrogen (secondary N) is 1. The molecule has 0 unspecified atom stereocenters. The van der Waals surface area contributed by atoms with Crippen LogP contribution in [-0.2, 0) is 6.54 Å². The second-order valence-electron chi connectivity index (χ2n) is 7.29. The second kappa shape index (κ2) is 7.55. The van der Waals surface area contributed by atoms with Crippen LogP contribution in [0.5, 0.6) is 0 Å². The van der Waals surface area contributed by atoms with Crippen LogP contribution in [0, 0.1) is 0 Å². The summed E-state index contributed by atoms with van der Waals surface area (Å²) in [4.78, 5) is 14.6. The molecular formula is C23H17N9. The predicted octanol–water partition coefficient (Wildman–Crippen LogP) is 3.75. The highest BCUT2D eigenvalue weighted by molar-refractivity contribution is 5.92. The molecule has 0 aliphatic carbocycles. The van der Waals surface area contributed by atoms with Crippen LogP contribution < -0.4 is 5.32 Å². The average molecular weight is 419 g/mol. The first-order valence-electron chi connectivity index (χ1n) is 10.1. The van der Waals surface area contributed by atoms with E-state index >= 15 is 0 Å². The third kappa shape index (κ3) is 3.31. The maximum atomic E-state index is 4.57. The fourth-order valence-corrected chi connectivity index (χ4v) is 3.67. The molecule has 0 fully saturated rings. The zero-order valence-corrected chi connectivity index (χ0v) is 16.9. The van der Waals surface area contributed by atoms with Gasteiger partial charge in [0.05, 0.1) is 42.4 Å². The van der Waals surface area contributed by atoms with E-state index in [1.807, 2.05) is 41.2 Å². The molecule has 9 nitrogen and oxygen atoms in total. The van der Waals surface area contributed by atoms with Crippen molar-refractivity contribution in [3.63, 3.8) is 0 Å². The summed E-state index contributed by atoms with van der Waals surface area (Å²) in [5.74, 6) is 1.28. The van der Waals surface area contributed by atoms with Gasteiger partial charge in [0.2, 0.25) is 0 Å². The molecule has 6 aromatic rings. The molecule has 0 atom stereocenters. The Bertz CT molecular complexity index is 1520. The van der Waals surface area contributed by atoms with Crippen molar-refractivity contribution < 1.29 is 0 Å². The van der Waals surface area contributed by atoms with Gasteiger partial charge in [-0.2, -0.15) is 15.3 Å². The van der Waals surface area contributed by atoms with Gasteiger partial charge in [0.15, 0.2) is 5.82 Å². The Kier molecular flexibility index (Phi) is 4.28. The topological polar surface area (TPSA) is 99.2 Å². The highest BCUT2D eigenvalue weighted by atomic mass is 15.5. The molecule has 0 aliphatic heterocycles. The van der Waals surface area contributed by atoms with E-state index in [2.05, 4.69) is 59.8 Å². The third-order valence-corrected chi connectivity index (χ3v) is 5.21. The van der Waals surface area contributed by atoms with Gasteiger partial charge in [-0.05, 0) is 29.8 Å². The van der Waals surface area contributed by atoms with E-state index < -0.39 is 0 Å². The Morgan fingerprint density at radius 3 is 2.56 bits per heavy atom. The summed E-state index contributed by atoms with van der Waals surface area (Å²) < 4.78 is 2.00. The van der Waals surface area contributed by atoms with Crippen LogP contribution >= 0.6 is 0 Å². The van der Waals surface area contributed by atoms with Crippen molar-refractivity contribution in [3.05, 3.63) is 91.3 Å². The summed E-state index contributed by atoms with van der Waals surface area (Å²) in [6, 6.07) is 18.3. The minimum absolute atomic E-state index is 0.595. The van der Waals surface area contributed by atoms with Gasteiger partial charge in [0.25, 0.3) is 0 Å². The maximum Gasteiger partial charge on any atom is 0.175 e. The zero-order valence-electron chi connectivity index (χ0n) is 16.9. The highest BCUT2D eigenvalue weighted by Gasteiger charge is 2.10. The van der Waals surface area contributed by atoms with Crippen LogP contribution in [0.3, 0.4) is 0 Å². The molecule has 1 N–H and O–H groups in total. The lowest BCUT2D eigenvalue weighted by Crippen LogP contribution is -2.03. The molecule has 4 heterocycles. The fraction of sp³-hybridized carbons (Fsp3) is 0.0435. The lowest BCUT2D eigenvalue weighted by molar-refractivity contribution is 0.712. The van der Waals surface area contributed by atoms with Crippen molar-refractivity contribution in [2.45, 2.75) is 6.54 Å². The molecule has 154 valence electrons. The fourth-order valence-electron chi connectivity index (χ4n) is 3.67. The second-order valence-corrected chi connectivity index (χ2v) is 7.29. The molecule has 0 spiro atoms. The van der Waals surface area contributed by atoms with Crippen LogP contribution in [-0.4, -0.2) is 39.7 Å². The van der Waals surface area contributed by atoms with E-state index in [1.165, 1.54) is 16.7 Å². The minimum atomic E-state index is 0.595. The molecule has 0 saturated carbocycles. The predicted molar refractivity (Wildman–Crippen MR) is 121 cm³/mol. The molecule has 32 heavy (non-hydrogen) atoms. The van der Waals surface area contributed by atoms with Crippen LogP contribution in [0.15, 0.2) is 85.7 Å². The van der Waals surface area contributed by atoms with Crippen LogP contribution in [0.4, 0.5) is 11.5 Å². The summed E-state index contributed by atoms with van der Waals surface area (Å²) in [6.07, 6.45) is 8.32. The first kappa shape index (κ1) is 18.1. The molecule has 2 aromatic carbocycles. The molecule has 4 aromatic heterocycles. The van der Waals surface area contributed by atoms with Gasteiger partial charge in [-0.15, -0.1) is 4.80 Å². The standard InChI is InChI=1S/C23H17N9/c1-2-4-16(5-3-1)14-31-21-7-6-18(10-17(21)12-29-31)30-23-19-11-22(32-27-8-9-28-32)24-13-20(19)25-15-26-23/h1-13,15H,14H2,(H,25,26,30). The lowest BCUT2D eigenvalue weighted by atomic mass is 10.2. The first-order valence-corrected chi connectivity index (χ1v) is 10.1. The van der Waals surface area contributed by atoms with E-state index in [0.717, 1.165) is 34.0 Å². The number of fused-ring (bicyclic) bond motifs is 2. The number of anilines is 2.